The Morgan fingerprint density at radius 3 is 2.69 bits per heavy atom. The fourth-order valence-electron chi connectivity index (χ4n) is 3.03. The number of hydrogen-bond acceptors (Lipinski definition) is 2. The van der Waals surface area contributed by atoms with E-state index in [2.05, 4.69) is 13.8 Å². The third-order valence-corrected chi connectivity index (χ3v) is 3.98. The average molecular weight is 228 g/mol. The first-order chi connectivity index (χ1) is 7.79. The fourth-order valence-corrected chi connectivity index (χ4v) is 3.03. The third-order valence-electron chi connectivity index (χ3n) is 3.98. The molecule has 0 amide bonds. The van der Waals surface area contributed by atoms with Crippen molar-refractivity contribution in [2.45, 2.75) is 64.9 Å². The van der Waals surface area contributed by atoms with Crippen molar-refractivity contribution in [2.75, 3.05) is 20.3 Å². The summed E-state index contributed by atoms with van der Waals surface area (Å²) < 4.78 is 11.4. The lowest BCUT2D eigenvalue weighted by atomic mass is 9.79. The minimum absolute atomic E-state index is 0.319. The summed E-state index contributed by atoms with van der Waals surface area (Å²) in [7, 11) is 1.86. The van der Waals surface area contributed by atoms with Gasteiger partial charge in [-0.2, -0.15) is 0 Å². The lowest BCUT2D eigenvalue weighted by Gasteiger charge is -2.34. The van der Waals surface area contributed by atoms with Crippen LogP contribution in [-0.2, 0) is 9.47 Å². The van der Waals surface area contributed by atoms with Crippen molar-refractivity contribution in [3.8, 4) is 0 Å². The van der Waals surface area contributed by atoms with Gasteiger partial charge in [0.15, 0.2) is 0 Å². The maximum Gasteiger partial charge on any atom is 0.0649 e. The van der Waals surface area contributed by atoms with Crippen LogP contribution in [0.2, 0.25) is 0 Å². The lowest BCUT2D eigenvalue weighted by Crippen LogP contribution is -2.36. The minimum atomic E-state index is 0.319. The van der Waals surface area contributed by atoms with Gasteiger partial charge in [0.1, 0.15) is 0 Å². The molecule has 0 aromatic carbocycles. The second-order valence-electron chi connectivity index (χ2n) is 5.07. The van der Waals surface area contributed by atoms with E-state index >= 15 is 0 Å². The molecule has 0 aromatic rings. The Morgan fingerprint density at radius 2 is 2.06 bits per heavy atom. The SMILES string of the molecule is CCCCCC1(COCC)CCCC1OC. The third kappa shape index (κ3) is 3.46. The number of hydrogen-bond donors (Lipinski definition) is 0. The van der Waals surface area contributed by atoms with Gasteiger partial charge in [0.05, 0.1) is 12.7 Å². The summed E-state index contributed by atoms with van der Waals surface area (Å²) in [6.45, 7) is 6.06. The normalized spacial score (nSPS) is 29.8. The highest BCUT2D eigenvalue weighted by molar-refractivity contribution is 4.93. The van der Waals surface area contributed by atoms with Gasteiger partial charge < -0.3 is 9.47 Å². The molecule has 1 rings (SSSR count). The summed E-state index contributed by atoms with van der Waals surface area (Å²) in [5, 5.41) is 0. The minimum Gasteiger partial charge on any atom is -0.381 e. The summed E-state index contributed by atoms with van der Waals surface area (Å²) in [6, 6.07) is 0. The first-order valence-corrected chi connectivity index (χ1v) is 6.89. The first kappa shape index (κ1) is 14.0. The van der Waals surface area contributed by atoms with Crippen molar-refractivity contribution in [1.82, 2.24) is 0 Å². The van der Waals surface area contributed by atoms with Crippen LogP contribution >= 0.6 is 0 Å². The molecule has 2 nitrogen and oxygen atoms in total. The van der Waals surface area contributed by atoms with Crippen molar-refractivity contribution in [2.24, 2.45) is 5.41 Å². The average Bonchev–Trinajstić information content (AvgIpc) is 2.70. The van der Waals surface area contributed by atoms with Gasteiger partial charge in [0.25, 0.3) is 0 Å². The van der Waals surface area contributed by atoms with E-state index in [-0.39, 0.29) is 0 Å². The van der Waals surface area contributed by atoms with Crippen LogP contribution in [0.15, 0.2) is 0 Å². The van der Waals surface area contributed by atoms with E-state index in [0.29, 0.717) is 11.5 Å². The highest BCUT2D eigenvalue weighted by Crippen LogP contribution is 2.44. The molecular formula is C14H28O2. The van der Waals surface area contributed by atoms with Crippen LogP contribution in [0.3, 0.4) is 0 Å². The van der Waals surface area contributed by atoms with Crippen molar-refractivity contribution in [1.29, 1.82) is 0 Å². The predicted molar refractivity (Wildman–Crippen MR) is 67.7 cm³/mol. The van der Waals surface area contributed by atoms with Gasteiger partial charge in [-0.1, -0.05) is 32.6 Å². The predicted octanol–water partition coefficient (Wildman–Crippen LogP) is 3.79. The Hall–Kier alpha value is -0.0800. The molecule has 96 valence electrons. The van der Waals surface area contributed by atoms with Crippen LogP contribution in [0.5, 0.6) is 0 Å². The highest BCUT2D eigenvalue weighted by atomic mass is 16.5. The van der Waals surface area contributed by atoms with Crippen molar-refractivity contribution >= 4 is 0 Å². The Balaban J connectivity index is 2.52. The van der Waals surface area contributed by atoms with E-state index in [4.69, 9.17) is 9.47 Å². The number of unbranched alkanes of at least 4 members (excludes halogenated alkanes) is 2. The summed E-state index contributed by atoms with van der Waals surface area (Å²) in [4.78, 5) is 0. The van der Waals surface area contributed by atoms with Crippen molar-refractivity contribution < 1.29 is 9.47 Å². The molecule has 0 bridgehead atoms. The number of ether oxygens (including phenoxy) is 2. The number of rotatable bonds is 8. The highest BCUT2D eigenvalue weighted by Gasteiger charge is 2.42. The van der Waals surface area contributed by atoms with Crippen LogP contribution in [0.1, 0.15) is 58.8 Å². The molecule has 2 unspecified atom stereocenters. The second kappa shape index (κ2) is 7.29. The van der Waals surface area contributed by atoms with Gasteiger partial charge in [-0.25, -0.2) is 0 Å². The zero-order chi connectivity index (χ0) is 11.9. The molecular weight excluding hydrogens is 200 g/mol. The summed E-state index contributed by atoms with van der Waals surface area (Å²) in [5.74, 6) is 0. The van der Waals surface area contributed by atoms with Crippen molar-refractivity contribution in [3.05, 3.63) is 0 Å². The zero-order valence-corrected chi connectivity index (χ0v) is 11.3. The van der Waals surface area contributed by atoms with Crippen LogP contribution in [-0.4, -0.2) is 26.4 Å². The molecule has 2 atom stereocenters. The maximum absolute atomic E-state index is 5.70. The van der Waals surface area contributed by atoms with Crippen molar-refractivity contribution in [3.63, 3.8) is 0 Å². The molecule has 0 radical (unpaired) electrons. The van der Waals surface area contributed by atoms with Crippen LogP contribution in [0.25, 0.3) is 0 Å². The largest absolute Gasteiger partial charge is 0.381 e. The maximum atomic E-state index is 5.70. The summed E-state index contributed by atoms with van der Waals surface area (Å²) in [6.07, 6.45) is 9.47. The Morgan fingerprint density at radius 1 is 1.25 bits per heavy atom. The molecule has 0 heterocycles. The molecule has 1 aliphatic carbocycles. The van der Waals surface area contributed by atoms with E-state index < -0.39 is 0 Å². The standard InChI is InChI=1S/C14H28O2/c1-4-6-7-10-14(12-16-5-2)11-8-9-13(14)15-3/h13H,4-12H2,1-3H3. The van der Waals surface area contributed by atoms with Crippen LogP contribution in [0, 0.1) is 5.41 Å². The molecule has 0 spiro atoms. The molecule has 1 fully saturated rings. The van der Waals surface area contributed by atoms with E-state index in [1.807, 2.05) is 7.11 Å². The molecule has 2 heteroatoms. The van der Waals surface area contributed by atoms with Gasteiger partial charge in [0, 0.05) is 19.1 Å². The van der Waals surface area contributed by atoms with Crippen LogP contribution < -0.4 is 0 Å². The summed E-state index contributed by atoms with van der Waals surface area (Å²) in [5.41, 5.74) is 0.319. The quantitative estimate of drug-likeness (QED) is 0.588. The number of methoxy groups -OCH3 is 1. The van der Waals surface area contributed by atoms with E-state index in [9.17, 15) is 0 Å². The zero-order valence-electron chi connectivity index (χ0n) is 11.3. The van der Waals surface area contributed by atoms with E-state index in [0.717, 1.165) is 13.2 Å². The van der Waals surface area contributed by atoms with Gasteiger partial charge in [-0.15, -0.1) is 0 Å². The van der Waals surface area contributed by atoms with Gasteiger partial charge in [0.2, 0.25) is 0 Å². The van der Waals surface area contributed by atoms with Gasteiger partial charge in [-0.05, 0) is 26.2 Å². The van der Waals surface area contributed by atoms with Gasteiger partial charge >= 0.3 is 0 Å². The Bertz CT molecular complexity index is 182. The fraction of sp³-hybridized carbons (Fsp3) is 1.00. The second-order valence-corrected chi connectivity index (χ2v) is 5.07. The lowest BCUT2D eigenvalue weighted by molar-refractivity contribution is -0.0498. The molecule has 0 N–H and O–H groups in total. The Labute approximate surface area is 101 Å². The van der Waals surface area contributed by atoms with Crippen LogP contribution in [0.4, 0.5) is 0 Å². The molecule has 0 aliphatic heterocycles. The first-order valence-electron chi connectivity index (χ1n) is 6.89. The van der Waals surface area contributed by atoms with E-state index in [1.165, 1.54) is 44.9 Å². The Kier molecular flexibility index (Phi) is 6.37. The molecule has 16 heavy (non-hydrogen) atoms. The molecule has 1 aliphatic rings. The molecule has 1 saturated carbocycles. The summed E-state index contributed by atoms with van der Waals surface area (Å²) >= 11 is 0. The van der Waals surface area contributed by atoms with E-state index in [1.54, 1.807) is 0 Å². The molecule has 0 saturated heterocycles. The topological polar surface area (TPSA) is 18.5 Å². The smallest absolute Gasteiger partial charge is 0.0649 e. The molecule has 0 aromatic heterocycles. The monoisotopic (exact) mass is 228 g/mol. The van der Waals surface area contributed by atoms with Gasteiger partial charge in [-0.3, -0.25) is 0 Å².